The normalized spacial score (nSPS) is 11.2. The molecule has 0 aromatic heterocycles. The summed E-state index contributed by atoms with van der Waals surface area (Å²) in [6.45, 7) is 4.00. The second kappa shape index (κ2) is 10.2. The van der Waals surface area contributed by atoms with Gasteiger partial charge in [0.25, 0.3) is 0 Å². The molecule has 1 rings (SSSR count). The van der Waals surface area contributed by atoms with Crippen LogP contribution in [0, 0.1) is 0 Å². The smallest absolute Gasteiger partial charge is 0.0215 e. The van der Waals surface area contributed by atoms with Crippen molar-refractivity contribution in [1.29, 1.82) is 0 Å². The third-order valence-electron chi connectivity index (χ3n) is 1.68. The van der Waals surface area contributed by atoms with Gasteiger partial charge < -0.3 is 0 Å². The first-order valence-electron chi connectivity index (χ1n) is 5.10. The number of alkyl halides is 1. The first-order chi connectivity index (χ1) is 7.77. The average Bonchev–Trinajstić information content (AvgIpc) is 2.33. The Hall–Kier alpha value is 0.01000. The van der Waals surface area contributed by atoms with Gasteiger partial charge in [0.15, 0.2) is 0 Å². The second-order valence-electron chi connectivity index (χ2n) is 2.65. The first-order valence-corrected chi connectivity index (χ1v) is 7.54. The van der Waals surface area contributed by atoms with Crippen LogP contribution in [-0.2, 0) is 0 Å². The molecule has 0 fully saturated rings. The van der Waals surface area contributed by atoms with Crippen LogP contribution in [0.25, 0.3) is 5.57 Å². The molecule has 0 heterocycles. The van der Waals surface area contributed by atoms with Gasteiger partial charge in [-0.1, -0.05) is 70.0 Å². The Labute approximate surface area is 121 Å². The van der Waals surface area contributed by atoms with Gasteiger partial charge in [0, 0.05) is 9.80 Å². The number of rotatable bonds is 3. The summed E-state index contributed by atoms with van der Waals surface area (Å²) < 4.78 is 1.08. The van der Waals surface area contributed by atoms with Crippen LogP contribution in [-0.4, -0.2) is 5.33 Å². The highest BCUT2D eigenvalue weighted by molar-refractivity contribution is 9.10. The summed E-state index contributed by atoms with van der Waals surface area (Å²) in [6, 6.07) is 8.15. The van der Waals surface area contributed by atoms with Crippen molar-refractivity contribution in [1.82, 2.24) is 0 Å². The third kappa shape index (κ3) is 5.92. The molecule has 0 saturated carbocycles. The number of thiol groups is 1. The maximum absolute atomic E-state index is 4.19. The maximum atomic E-state index is 4.19. The monoisotopic (exact) mass is 362 g/mol. The number of benzene rings is 1. The number of hydrogen-bond donors (Lipinski definition) is 1. The van der Waals surface area contributed by atoms with E-state index in [1.165, 1.54) is 0 Å². The Balaban J connectivity index is 0.00000106. The minimum Gasteiger partial charge on any atom is -0.151 e. The van der Waals surface area contributed by atoms with Gasteiger partial charge in [-0.05, 0) is 28.7 Å². The van der Waals surface area contributed by atoms with E-state index in [1.807, 2.05) is 38.1 Å². The third-order valence-corrected chi connectivity index (χ3v) is 2.83. The lowest BCUT2D eigenvalue weighted by atomic mass is 10.1. The Kier molecular flexibility index (Phi) is 10.2. The van der Waals surface area contributed by atoms with Gasteiger partial charge in [-0.15, -0.1) is 0 Å². The zero-order chi connectivity index (χ0) is 12.4. The average molecular weight is 364 g/mol. The zero-order valence-electron chi connectivity index (χ0n) is 9.45. The first kappa shape index (κ1) is 16.0. The van der Waals surface area contributed by atoms with Gasteiger partial charge in [0.1, 0.15) is 0 Å². The fourth-order valence-electron chi connectivity index (χ4n) is 1.05. The van der Waals surface area contributed by atoms with E-state index in [1.54, 1.807) is 5.41 Å². The van der Waals surface area contributed by atoms with Crippen LogP contribution in [0.5, 0.6) is 0 Å². The molecule has 0 N–H and O–H groups in total. The highest BCUT2D eigenvalue weighted by atomic mass is 79.9. The lowest BCUT2D eigenvalue weighted by molar-refractivity contribution is 1.50. The Bertz CT molecular complexity index is 357. The molecule has 88 valence electrons. The Morgan fingerprint density at radius 3 is 2.56 bits per heavy atom. The van der Waals surface area contributed by atoms with E-state index >= 15 is 0 Å². The zero-order valence-corrected chi connectivity index (χ0v) is 13.5. The molecule has 1 aromatic carbocycles. The van der Waals surface area contributed by atoms with Gasteiger partial charge in [-0.3, -0.25) is 0 Å². The summed E-state index contributed by atoms with van der Waals surface area (Å²) in [6.07, 6.45) is 4.09. The van der Waals surface area contributed by atoms with E-state index in [-0.39, 0.29) is 0 Å². The molecule has 16 heavy (non-hydrogen) atoms. The van der Waals surface area contributed by atoms with Crippen molar-refractivity contribution < 1.29 is 0 Å². The Morgan fingerprint density at radius 1 is 1.38 bits per heavy atom. The molecule has 0 aliphatic rings. The molecular formula is C13H16Br2S. The number of halogens is 2. The van der Waals surface area contributed by atoms with E-state index in [0.717, 1.165) is 20.9 Å². The molecule has 3 heteroatoms. The summed E-state index contributed by atoms with van der Waals surface area (Å²) in [7, 11) is 0. The van der Waals surface area contributed by atoms with Crippen LogP contribution in [0.1, 0.15) is 19.4 Å². The van der Waals surface area contributed by atoms with Gasteiger partial charge in [-0.2, -0.15) is 12.6 Å². The van der Waals surface area contributed by atoms with E-state index < -0.39 is 0 Å². The van der Waals surface area contributed by atoms with Crippen LogP contribution >= 0.6 is 44.5 Å². The molecule has 0 aliphatic heterocycles. The highest BCUT2D eigenvalue weighted by Gasteiger charge is 1.96. The number of hydrogen-bond acceptors (Lipinski definition) is 1. The van der Waals surface area contributed by atoms with Crippen molar-refractivity contribution in [3.8, 4) is 0 Å². The summed E-state index contributed by atoms with van der Waals surface area (Å²) in [5.74, 6) is 0. The maximum Gasteiger partial charge on any atom is 0.0215 e. The summed E-state index contributed by atoms with van der Waals surface area (Å²) in [4.78, 5) is 0. The Morgan fingerprint density at radius 2 is 2.06 bits per heavy atom. The van der Waals surface area contributed by atoms with E-state index in [9.17, 15) is 0 Å². The fraction of sp³-hybridized carbons (Fsp3) is 0.231. The molecule has 0 saturated heterocycles. The van der Waals surface area contributed by atoms with Gasteiger partial charge >= 0.3 is 0 Å². The minimum atomic E-state index is 0.853. The van der Waals surface area contributed by atoms with E-state index in [2.05, 4.69) is 56.6 Å². The number of allylic oxidation sites excluding steroid dienone is 3. The quantitative estimate of drug-likeness (QED) is 0.397. The van der Waals surface area contributed by atoms with E-state index in [4.69, 9.17) is 0 Å². The predicted octanol–water partition coefficient (Wildman–Crippen LogP) is 5.70. The molecule has 1 aromatic rings. The van der Waals surface area contributed by atoms with Crippen molar-refractivity contribution in [2.75, 3.05) is 5.33 Å². The highest BCUT2D eigenvalue weighted by Crippen LogP contribution is 2.20. The fourth-order valence-corrected chi connectivity index (χ4v) is 1.87. The molecule has 0 nitrogen and oxygen atoms in total. The molecule has 0 bridgehead atoms. The van der Waals surface area contributed by atoms with Gasteiger partial charge in [-0.25, -0.2) is 0 Å². The van der Waals surface area contributed by atoms with Crippen LogP contribution in [0.4, 0.5) is 0 Å². The van der Waals surface area contributed by atoms with Crippen molar-refractivity contribution >= 4 is 50.1 Å². The summed E-state index contributed by atoms with van der Waals surface area (Å²) in [5.41, 5.74) is 2.26. The van der Waals surface area contributed by atoms with Gasteiger partial charge in [0.2, 0.25) is 0 Å². The van der Waals surface area contributed by atoms with Crippen LogP contribution in [0.3, 0.4) is 0 Å². The van der Waals surface area contributed by atoms with Gasteiger partial charge in [0.05, 0.1) is 0 Å². The van der Waals surface area contributed by atoms with Crippen molar-refractivity contribution in [3.63, 3.8) is 0 Å². The summed E-state index contributed by atoms with van der Waals surface area (Å²) >= 11 is 11.0. The summed E-state index contributed by atoms with van der Waals surface area (Å²) in [5, 5.41) is 2.66. The predicted molar refractivity (Wildman–Crippen MR) is 85.4 cm³/mol. The molecular weight excluding hydrogens is 348 g/mol. The van der Waals surface area contributed by atoms with Crippen molar-refractivity contribution in [2.45, 2.75) is 13.8 Å². The van der Waals surface area contributed by atoms with Crippen LogP contribution in [0.15, 0.2) is 46.3 Å². The van der Waals surface area contributed by atoms with Crippen LogP contribution < -0.4 is 0 Å². The van der Waals surface area contributed by atoms with Crippen LogP contribution in [0.2, 0.25) is 0 Å². The lowest BCUT2D eigenvalue weighted by Crippen LogP contribution is -1.79. The van der Waals surface area contributed by atoms with E-state index in [0.29, 0.717) is 0 Å². The largest absolute Gasteiger partial charge is 0.151 e. The molecule has 0 amide bonds. The molecule has 0 radical (unpaired) electrons. The minimum absolute atomic E-state index is 0.853. The van der Waals surface area contributed by atoms with Crippen molar-refractivity contribution in [2.24, 2.45) is 0 Å². The standard InChI is InChI=1S/C11H10Br2S.C2H6/c12-6-2-4-10(8-14)9-3-1-5-11(13)7-9;1-2/h1-5,7-8,14H,6H2;1-2H3/b4-2-,10-8+;. The van der Waals surface area contributed by atoms with Crippen molar-refractivity contribution in [3.05, 3.63) is 51.9 Å². The lowest BCUT2D eigenvalue weighted by Gasteiger charge is -2.01. The SMILES string of the molecule is CC.S/C=C(\C=C/CBr)c1cccc(Br)c1. The topological polar surface area (TPSA) is 0 Å². The molecule has 0 spiro atoms. The second-order valence-corrected chi connectivity index (χ2v) is 4.47. The molecule has 0 unspecified atom stereocenters. The molecule has 0 aliphatic carbocycles. The molecule has 0 atom stereocenters.